The molecule has 0 fully saturated rings. The summed E-state index contributed by atoms with van der Waals surface area (Å²) in [5.74, 6) is 0.450. The summed E-state index contributed by atoms with van der Waals surface area (Å²) in [6.45, 7) is 0. The standard InChI is InChI=1S/C12H11ClO3S/c1-15-8-4-9(13)12-7(3-11(14)16-2)6-17-10(12)5-8/h4-6H,3H2,1-2H3. The molecule has 0 amide bonds. The Kier molecular flexibility index (Phi) is 3.54. The van der Waals surface area contributed by atoms with Gasteiger partial charge >= 0.3 is 5.97 Å². The summed E-state index contributed by atoms with van der Waals surface area (Å²) in [5, 5.41) is 3.43. The van der Waals surface area contributed by atoms with Crippen molar-refractivity contribution in [1.82, 2.24) is 0 Å². The van der Waals surface area contributed by atoms with Gasteiger partial charge in [0.25, 0.3) is 0 Å². The van der Waals surface area contributed by atoms with E-state index in [-0.39, 0.29) is 12.4 Å². The molecule has 1 aromatic heterocycles. The van der Waals surface area contributed by atoms with Crippen LogP contribution in [-0.2, 0) is 16.0 Å². The molecule has 0 atom stereocenters. The average Bonchev–Trinajstić information content (AvgIpc) is 2.72. The van der Waals surface area contributed by atoms with Gasteiger partial charge in [-0.05, 0) is 23.1 Å². The maximum atomic E-state index is 11.3. The van der Waals surface area contributed by atoms with Crippen LogP contribution in [0.2, 0.25) is 5.02 Å². The van der Waals surface area contributed by atoms with Gasteiger partial charge in [0.2, 0.25) is 0 Å². The third-order valence-electron chi connectivity index (χ3n) is 2.47. The van der Waals surface area contributed by atoms with E-state index in [4.69, 9.17) is 16.3 Å². The van der Waals surface area contributed by atoms with Crippen LogP contribution in [0.4, 0.5) is 0 Å². The Morgan fingerprint density at radius 3 is 2.82 bits per heavy atom. The van der Waals surface area contributed by atoms with Crippen molar-refractivity contribution in [2.45, 2.75) is 6.42 Å². The van der Waals surface area contributed by atoms with E-state index in [0.29, 0.717) is 10.8 Å². The zero-order valence-corrected chi connectivity index (χ0v) is 11.0. The van der Waals surface area contributed by atoms with Gasteiger partial charge in [0.05, 0.1) is 25.7 Å². The highest BCUT2D eigenvalue weighted by Gasteiger charge is 2.13. The van der Waals surface area contributed by atoms with Crippen molar-refractivity contribution in [1.29, 1.82) is 0 Å². The number of ether oxygens (including phenoxy) is 2. The number of halogens is 1. The van der Waals surface area contributed by atoms with Crippen LogP contribution in [0.1, 0.15) is 5.56 Å². The third kappa shape index (κ3) is 2.37. The Hall–Kier alpha value is -1.26. The minimum atomic E-state index is -0.267. The average molecular weight is 271 g/mol. The molecule has 0 aliphatic rings. The van der Waals surface area contributed by atoms with Crippen LogP contribution in [0.25, 0.3) is 10.1 Å². The molecule has 0 bridgehead atoms. The molecule has 5 heteroatoms. The number of carbonyl (C=O) groups excluding carboxylic acids is 1. The largest absolute Gasteiger partial charge is 0.497 e. The third-order valence-corrected chi connectivity index (χ3v) is 3.75. The van der Waals surface area contributed by atoms with Crippen molar-refractivity contribution in [2.75, 3.05) is 14.2 Å². The molecule has 0 aliphatic heterocycles. The number of fused-ring (bicyclic) bond motifs is 1. The van der Waals surface area contributed by atoms with E-state index < -0.39 is 0 Å². The predicted molar refractivity (Wildman–Crippen MR) is 69.1 cm³/mol. The number of rotatable bonds is 3. The number of thiophene rings is 1. The second-order valence-electron chi connectivity index (χ2n) is 3.50. The second kappa shape index (κ2) is 4.94. The molecule has 90 valence electrons. The fraction of sp³-hybridized carbons (Fsp3) is 0.250. The first-order valence-corrected chi connectivity index (χ1v) is 6.22. The Morgan fingerprint density at radius 2 is 2.18 bits per heavy atom. The molecule has 2 rings (SSSR count). The fourth-order valence-corrected chi connectivity index (χ4v) is 3.03. The SMILES string of the molecule is COC(=O)Cc1csc2cc(OC)cc(Cl)c12. The topological polar surface area (TPSA) is 35.5 Å². The first kappa shape index (κ1) is 12.2. The van der Waals surface area contributed by atoms with Crippen LogP contribution >= 0.6 is 22.9 Å². The Bertz CT molecular complexity index is 562. The van der Waals surface area contributed by atoms with Crippen LogP contribution in [0.3, 0.4) is 0 Å². The lowest BCUT2D eigenvalue weighted by atomic mass is 10.1. The van der Waals surface area contributed by atoms with Gasteiger partial charge in [0.15, 0.2) is 0 Å². The summed E-state index contributed by atoms with van der Waals surface area (Å²) in [7, 11) is 2.97. The van der Waals surface area contributed by atoms with Crippen LogP contribution in [0.5, 0.6) is 5.75 Å². The molecule has 0 saturated carbocycles. The molecule has 0 unspecified atom stereocenters. The van der Waals surface area contributed by atoms with E-state index in [0.717, 1.165) is 15.6 Å². The zero-order valence-electron chi connectivity index (χ0n) is 9.45. The zero-order chi connectivity index (χ0) is 12.4. The van der Waals surface area contributed by atoms with Crippen molar-refractivity contribution in [3.8, 4) is 5.75 Å². The molecule has 0 N–H and O–H groups in total. The molecule has 2 aromatic rings. The van der Waals surface area contributed by atoms with Crippen molar-refractivity contribution >= 4 is 39.0 Å². The summed E-state index contributed by atoms with van der Waals surface area (Å²) < 4.78 is 10.8. The summed E-state index contributed by atoms with van der Waals surface area (Å²) in [5.41, 5.74) is 0.893. The van der Waals surface area contributed by atoms with Gasteiger partial charge in [0.1, 0.15) is 5.75 Å². The molecular formula is C12H11ClO3S. The van der Waals surface area contributed by atoms with E-state index in [1.807, 2.05) is 11.4 Å². The molecule has 0 saturated heterocycles. The molecule has 17 heavy (non-hydrogen) atoms. The highest BCUT2D eigenvalue weighted by atomic mass is 35.5. The van der Waals surface area contributed by atoms with Gasteiger partial charge in [-0.2, -0.15) is 0 Å². The van der Waals surface area contributed by atoms with Gasteiger partial charge in [-0.15, -0.1) is 11.3 Å². The quantitative estimate of drug-likeness (QED) is 0.803. The second-order valence-corrected chi connectivity index (χ2v) is 4.81. The van der Waals surface area contributed by atoms with E-state index in [2.05, 4.69) is 4.74 Å². The van der Waals surface area contributed by atoms with Crippen molar-refractivity contribution in [3.63, 3.8) is 0 Å². The van der Waals surface area contributed by atoms with Crippen molar-refractivity contribution in [3.05, 3.63) is 28.1 Å². The minimum absolute atomic E-state index is 0.239. The van der Waals surface area contributed by atoms with Crippen LogP contribution < -0.4 is 4.74 Å². The van der Waals surface area contributed by atoms with Gasteiger partial charge < -0.3 is 9.47 Å². The lowest BCUT2D eigenvalue weighted by Gasteiger charge is -2.03. The van der Waals surface area contributed by atoms with Crippen LogP contribution in [0.15, 0.2) is 17.5 Å². The summed E-state index contributed by atoms with van der Waals surface area (Å²) in [6, 6.07) is 3.66. The molecule has 1 heterocycles. The first-order chi connectivity index (χ1) is 8.15. The van der Waals surface area contributed by atoms with E-state index in [1.165, 1.54) is 18.4 Å². The van der Waals surface area contributed by atoms with E-state index >= 15 is 0 Å². The maximum absolute atomic E-state index is 11.3. The Balaban J connectivity index is 2.49. The van der Waals surface area contributed by atoms with Gasteiger partial charge in [-0.1, -0.05) is 11.6 Å². The maximum Gasteiger partial charge on any atom is 0.310 e. The lowest BCUT2D eigenvalue weighted by molar-refractivity contribution is -0.139. The minimum Gasteiger partial charge on any atom is -0.497 e. The first-order valence-electron chi connectivity index (χ1n) is 4.96. The van der Waals surface area contributed by atoms with Gasteiger partial charge in [-0.25, -0.2) is 0 Å². The van der Waals surface area contributed by atoms with Crippen molar-refractivity contribution in [2.24, 2.45) is 0 Å². The normalized spacial score (nSPS) is 10.5. The number of esters is 1. The number of benzene rings is 1. The highest BCUT2D eigenvalue weighted by Crippen LogP contribution is 2.36. The van der Waals surface area contributed by atoms with Crippen molar-refractivity contribution < 1.29 is 14.3 Å². The number of methoxy groups -OCH3 is 2. The van der Waals surface area contributed by atoms with Gasteiger partial charge in [-0.3, -0.25) is 4.79 Å². The molecule has 0 radical (unpaired) electrons. The highest BCUT2D eigenvalue weighted by molar-refractivity contribution is 7.17. The summed E-state index contributed by atoms with van der Waals surface area (Å²) in [4.78, 5) is 11.3. The monoisotopic (exact) mass is 270 g/mol. The Labute approximate surface area is 108 Å². The summed E-state index contributed by atoms with van der Waals surface area (Å²) >= 11 is 7.73. The predicted octanol–water partition coefficient (Wildman–Crippen LogP) is 3.28. The number of carbonyl (C=O) groups is 1. The molecule has 0 spiro atoms. The Morgan fingerprint density at radius 1 is 1.41 bits per heavy atom. The number of hydrogen-bond donors (Lipinski definition) is 0. The molecule has 0 aliphatic carbocycles. The lowest BCUT2D eigenvalue weighted by Crippen LogP contribution is -2.03. The molecular weight excluding hydrogens is 260 g/mol. The fourth-order valence-electron chi connectivity index (χ4n) is 1.63. The van der Waals surface area contributed by atoms with Gasteiger partial charge in [0, 0.05) is 10.1 Å². The van der Waals surface area contributed by atoms with Crippen LogP contribution in [-0.4, -0.2) is 20.2 Å². The molecule has 1 aromatic carbocycles. The van der Waals surface area contributed by atoms with E-state index in [9.17, 15) is 4.79 Å². The smallest absolute Gasteiger partial charge is 0.310 e. The molecule has 3 nitrogen and oxygen atoms in total. The number of hydrogen-bond acceptors (Lipinski definition) is 4. The van der Waals surface area contributed by atoms with Crippen LogP contribution in [0, 0.1) is 0 Å². The van der Waals surface area contributed by atoms with E-state index in [1.54, 1.807) is 13.2 Å². The summed E-state index contributed by atoms with van der Waals surface area (Å²) in [6.07, 6.45) is 0.239.